The molecular weight excluding hydrogens is 338 g/mol. The number of nitriles is 1. The lowest BCUT2D eigenvalue weighted by Gasteiger charge is -2.12. The molecule has 0 unspecified atom stereocenters. The molecule has 0 saturated carbocycles. The van der Waals surface area contributed by atoms with Gasteiger partial charge in [-0.15, -0.1) is 0 Å². The fourth-order valence-corrected chi connectivity index (χ4v) is 2.81. The van der Waals surface area contributed by atoms with Crippen LogP contribution in [0.15, 0.2) is 59.1 Å². The van der Waals surface area contributed by atoms with Crippen molar-refractivity contribution in [2.75, 3.05) is 0 Å². The highest BCUT2D eigenvalue weighted by atomic mass is 79.9. The van der Waals surface area contributed by atoms with Crippen LogP contribution in [0.1, 0.15) is 5.56 Å². The number of hydrogen-bond donors (Lipinski definition) is 1. The van der Waals surface area contributed by atoms with Crippen LogP contribution in [0.3, 0.4) is 0 Å². The first-order chi connectivity index (χ1) is 10.7. The Morgan fingerprint density at radius 1 is 1.09 bits per heavy atom. The second-order valence-electron chi connectivity index (χ2n) is 4.74. The Hall–Kier alpha value is -2.75. The van der Waals surface area contributed by atoms with E-state index in [-0.39, 0.29) is 5.75 Å². The summed E-state index contributed by atoms with van der Waals surface area (Å²) in [7, 11) is 0. The molecule has 1 N–H and O–H groups in total. The highest BCUT2D eigenvalue weighted by molar-refractivity contribution is 9.10. The lowest BCUT2D eigenvalue weighted by atomic mass is 9.91. The van der Waals surface area contributed by atoms with Crippen molar-refractivity contribution >= 4 is 15.9 Å². The van der Waals surface area contributed by atoms with Crippen LogP contribution in [0.2, 0.25) is 0 Å². The van der Waals surface area contributed by atoms with Crippen molar-refractivity contribution < 1.29 is 5.11 Å². The maximum atomic E-state index is 9.48. The zero-order valence-electron chi connectivity index (χ0n) is 11.5. The van der Waals surface area contributed by atoms with Crippen molar-refractivity contribution in [1.82, 2.24) is 0 Å². The van der Waals surface area contributed by atoms with Crippen molar-refractivity contribution in [1.29, 1.82) is 5.26 Å². The summed E-state index contributed by atoms with van der Waals surface area (Å²) in [5.41, 5.74) is 4.01. The summed E-state index contributed by atoms with van der Waals surface area (Å²) in [5, 5.41) is 19.0. The van der Waals surface area contributed by atoms with E-state index in [2.05, 4.69) is 34.1 Å². The van der Waals surface area contributed by atoms with Gasteiger partial charge in [0.2, 0.25) is 0 Å². The second-order valence-corrected chi connectivity index (χ2v) is 5.66. The Labute approximate surface area is 137 Å². The van der Waals surface area contributed by atoms with Crippen LogP contribution in [-0.4, -0.2) is 5.11 Å². The molecule has 0 bridgehead atoms. The molecule has 104 valence electrons. The standard InChI is InChI=1S/C19H10BrNO/c20-16-10-15(12-21)19(14-4-2-1-3-5-14)18(11-16)13-6-8-17(22)9-7-13/h1-2,4,6-11,22H. The third kappa shape index (κ3) is 2.68. The molecule has 0 heterocycles. The molecule has 3 aromatic carbocycles. The molecule has 0 aliphatic rings. The van der Waals surface area contributed by atoms with E-state index in [0.717, 1.165) is 26.7 Å². The monoisotopic (exact) mass is 347 g/mol. The van der Waals surface area contributed by atoms with Gasteiger partial charge in [-0.1, -0.05) is 46.3 Å². The third-order valence-electron chi connectivity index (χ3n) is 3.32. The van der Waals surface area contributed by atoms with Gasteiger partial charge in [-0.25, -0.2) is 0 Å². The molecule has 0 atom stereocenters. The van der Waals surface area contributed by atoms with Crippen molar-refractivity contribution in [3.8, 4) is 34.1 Å². The molecule has 22 heavy (non-hydrogen) atoms. The Balaban J connectivity index is 2.32. The fourth-order valence-electron chi connectivity index (χ4n) is 2.35. The van der Waals surface area contributed by atoms with Gasteiger partial charge in [-0.3, -0.25) is 0 Å². The topological polar surface area (TPSA) is 44.0 Å². The van der Waals surface area contributed by atoms with Crippen LogP contribution in [0, 0.1) is 23.5 Å². The van der Waals surface area contributed by atoms with Gasteiger partial charge < -0.3 is 5.11 Å². The Morgan fingerprint density at radius 2 is 1.86 bits per heavy atom. The molecule has 0 radical (unpaired) electrons. The van der Waals surface area contributed by atoms with Crippen molar-refractivity contribution in [3.63, 3.8) is 0 Å². The summed E-state index contributed by atoms with van der Waals surface area (Å²) in [6.07, 6.45) is 0. The van der Waals surface area contributed by atoms with E-state index in [9.17, 15) is 10.4 Å². The minimum absolute atomic E-state index is 0.209. The predicted molar refractivity (Wildman–Crippen MR) is 89.1 cm³/mol. The van der Waals surface area contributed by atoms with E-state index in [0.29, 0.717) is 5.56 Å². The largest absolute Gasteiger partial charge is 0.508 e. The highest BCUT2D eigenvalue weighted by Gasteiger charge is 2.14. The molecule has 2 nitrogen and oxygen atoms in total. The van der Waals surface area contributed by atoms with E-state index in [1.54, 1.807) is 24.3 Å². The predicted octanol–water partition coefficient (Wildman–Crippen LogP) is 4.96. The number of halogens is 1. The molecule has 0 aliphatic heterocycles. The van der Waals surface area contributed by atoms with Crippen molar-refractivity contribution in [2.24, 2.45) is 0 Å². The van der Waals surface area contributed by atoms with Crippen LogP contribution in [0.25, 0.3) is 22.3 Å². The number of nitrogens with zero attached hydrogens (tertiary/aromatic N) is 1. The number of benzene rings is 2. The Bertz CT molecular complexity index is 849. The van der Waals surface area contributed by atoms with Crippen LogP contribution in [0.4, 0.5) is 0 Å². The lowest BCUT2D eigenvalue weighted by molar-refractivity contribution is 0.475. The van der Waals surface area contributed by atoms with Crippen molar-refractivity contribution in [3.05, 3.63) is 76.8 Å². The van der Waals surface area contributed by atoms with Gasteiger partial charge in [0.1, 0.15) is 5.75 Å². The summed E-state index contributed by atoms with van der Waals surface area (Å²) in [5.74, 6) is 0.209. The molecule has 0 aliphatic carbocycles. The van der Waals surface area contributed by atoms with Gasteiger partial charge in [0, 0.05) is 15.6 Å². The number of rotatable bonds is 2. The molecule has 3 heteroatoms. The number of phenolic OH excluding ortho intramolecular Hbond substituents is 1. The van der Waals surface area contributed by atoms with Crippen LogP contribution >= 0.6 is 15.9 Å². The summed E-state index contributed by atoms with van der Waals surface area (Å²) in [4.78, 5) is 0. The van der Waals surface area contributed by atoms with Crippen LogP contribution in [0.5, 0.6) is 5.75 Å². The number of aromatic hydroxyl groups is 1. The first-order valence-corrected chi connectivity index (χ1v) is 7.40. The molecule has 0 amide bonds. The van der Waals surface area contributed by atoms with Gasteiger partial charge in [-0.2, -0.15) is 5.26 Å². The quantitative estimate of drug-likeness (QED) is 0.711. The normalized spacial score (nSPS) is 9.82. The fraction of sp³-hybridized carbons (Fsp3) is 0. The lowest BCUT2D eigenvalue weighted by Crippen LogP contribution is -1.90. The third-order valence-corrected chi connectivity index (χ3v) is 3.78. The van der Waals surface area contributed by atoms with Crippen LogP contribution in [-0.2, 0) is 0 Å². The average molecular weight is 348 g/mol. The minimum Gasteiger partial charge on any atom is -0.508 e. The van der Waals surface area contributed by atoms with Crippen molar-refractivity contribution in [2.45, 2.75) is 0 Å². The van der Waals surface area contributed by atoms with Gasteiger partial charge in [0.25, 0.3) is 0 Å². The Kier molecular flexibility index (Phi) is 3.83. The maximum Gasteiger partial charge on any atom is 0.115 e. The summed E-state index contributed by atoms with van der Waals surface area (Å²) >= 11 is 3.45. The molecule has 0 saturated heterocycles. The minimum atomic E-state index is 0.209. The molecule has 0 spiro atoms. The summed E-state index contributed by atoms with van der Waals surface area (Å²) < 4.78 is 0.829. The molecule has 0 fully saturated rings. The number of hydrogen-bond acceptors (Lipinski definition) is 2. The van der Waals surface area contributed by atoms with E-state index >= 15 is 0 Å². The van der Waals surface area contributed by atoms with E-state index in [1.807, 2.05) is 30.3 Å². The van der Waals surface area contributed by atoms with Gasteiger partial charge in [0.15, 0.2) is 0 Å². The number of phenols is 1. The van der Waals surface area contributed by atoms with Crippen LogP contribution < -0.4 is 0 Å². The Morgan fingerprint density at radius 3 is 2.50 bits per heavy atom. The summed E-state index contributed by atoms with van der Waals surface area (Å²) in [6, 6.07) is 24.5. The molecule has 3 rings (SSSR count). The highest BCUT2D eigenvalue weighted by Crippen LogP contribution is 2.37. The first kappa shape index (κ1) is 14.2. The maximum absolute atomic E-state index is 9.48. The van der Waals surface area contributed by atoms with Gasteiger partial charge >= 0.3 is 0 Å². The second kappa shape index (κ2) is 5.93. The molecule has 0 aromatic heterocycles. The zero-order valence-corrected chi connectivity index (χ0v) is 13.1. The zero-order chi connectivity index (χ0) is 15.5. The van der Waals surface area contributed by atoms with Gasteiger partial charge in [-0.05, 0) is 47.5 Å². The van der Waals surface area contributed by atoms with E-state index < -0.39 is 0 Å². The summed E-state index contributed by atoms with van der Waals surface area (Å²) in [6.45, 7) is 0. The SMILES string of the molecule is N#Cc1cc(Br)cc(-c2ccc(O)cc2)c1-c1c#cccc1. The molecule has 3 aromatic rings. The first-order valence-electron chi connectivity index (χ1n) is 6.61. The van der Waals surface area contributed by atoms with Gasteiger partial charge in [0.05, 0.1) is 11.6 Å². The van der Waals surface area contributed by atoms with E-state index in [1.165, 1.54) is 0 Å². The van der Waals surface area contributed by atoms with E-state index in [4.69, 9.17) is 0 Å². The molecular formula is C19H10BrNO. The average Bonchev–Trinajstić information content (AvgIpc) is 2.55. The smallest absolute Gasteiger partial charge is 0.115 e.